The van der Waals surface area contributed by atoms with E-state index in [0.717, 1.165) is 53.9 Å². The van der Waals surface area contributed by atoms with Crippen LogP contribution in [0.4, 0.5) is 5.95 Å². The molecule has 0 aliphatic carbocycles. The third kappa shape index (κ3) is 3.34. The van der Waals surface area contributed by atoms with Crippen LogP contribution in [0.5, 0.6) is 5.75 Å². The molecule has 1 fully saturated rings. The minimum atomic E-state index is 0.170. The number of imidazole rings is 1. The first-order valence-electron chi connectivity index (χ1n) is 10.6. The lowest BCUT2D eigenvalue weighted by Gasteiger charge is -2.23. The predicted octanol–water partition coefficient (Wildman–Crippen LogP) is 4.53. The van der Waals surface area contributed by atoms with Crippen LogP contribution in [0.3, 0.4) is 0 Å². The van der Waals surface area contributed by atoms with E-state index in [4.69, 9.17) is 19.1 Å². The van der Waals surface area contributed by atoms with Gasteiger partial charge in [0.15, 0.2) is 0 Å². The molecule has 8 nitrogen and oxygen atoms in total. The first-order valence-corrected chi connectivity index (χ1v) is 10.6. The van der Waals surface area contributed by atoms with Crippen molar-refractivity contribution in [3.63, 3.8) is 0 Å². The van der Waals surface area contributed by atoms with E-state index in [2.05, 4.69) is 10.3 Å². The first-order chi connectivity index (χ1) is 15.7. The van der Waals surface area contributed by atoms with Gasteiger partial charge in [0.1, 0.15) is 23.0 Å². The van der Waals surface area contributed by atoms with Crippen molar-refractivity contribution >= 4 is 28.0 Å². The maximum absolute atomic E-state index is 10.0. The number of ether oxygens (including phenoxy) is 1. The zero-order chi connectivity index (χ0) is 21.5. The van der Waals surface area contributed by atoms with Crippen LogP contribution >= 0.6 is 0 Å². The molecule has 32 heavy (non-hydrogen) atoms. The predicted molar refractivity (Wildman–Crippen MR) is 121 cm³/mol. The normalized spacial score (nSPS) is 14.9. The molecule has 5 aromatic rings. The largest absolute Gasteiger partial charge is 0.508 e. The minimum absolute atomic E-state index is 0.170. The van der Waals surface area contributed by atoms with Crippen LogP contribution in [-0.4, -0.2) is 43.9 Å². The van der Waals surface area contributed by atoms with Gasteiger partial charge in [-0.05, 0) is 55.3 Å². The summed E-state index contributed by atoms with van der Waals surface area (Å²) in [5.74, 6) is 2.17. The van der Waals surface area contributed by atoms with Crippen molar-refractivity contribution < 1.29 is 14.3 Å². The fraction of sp³-hybridized carbons (Fsp3) is 0.208. The number of benzene rings is 2. The number of hydrogen-bond donors (Lipinski definition) is 2. The maximum Gasteiger partial charge on any atom is 0.224 e. The number of aromatic hydroxyl groups is 1. The highest BCUT2D eigenvalue weighted by atomic mass is 16.5. The monoisotopic (exact) mass is 427 g/mol. The Morgan fingerprint density at radius 2 is 1.91 bits per heavy atom. The Hall–Kier alpha value is -3.91. The lowest BCUT2D eigenvalue weighted by molar-refractivity contribution is 0.0903. The molecule has 2 N–H and O–H groups in total. The average Bonchev–Trinajstić information content (AvgIpc) is 3.43. The zero-order valence-electron chi connectivity index (χ0n) is 17.2. The van der Waals surface area contributed by atoms with Crippen molar-refractivity contribution in [3.05, 3.63) is 61.0 Å². The van der Waals surface area contributed by atoms with E-state index in [9.17, 15) is 5.11 Å². The fourth-order valence-electron chi connectivity index (χ4n) is 4.17. The molecule has 0 radical (unpaired) electrons. The second kappa shape index (κ2) is 7.65. The van der Waals surface area contributed by atoms with E-state index >= 15 is 0 Å². The van der Waals surface area contributed by atoms with Crippen molar-refractivity contribution in [1.82, 2.24) is 19.5 Å². The van der Waals surface area contributed by atoms with Crippen LogP contribution in [-0.2, 0) is 4.74 Å². The molecule has 0 amide bonds. The van der Waals surface area contributed by atoms with Crippen LogP contribution in [0.2, 0.25) is 0 Å². The van der Waals surface area contributed by atoms with Crippen molar-refractivity contribution in [2.24, 2.45) is 0 Å². The summed E-state index contributed by atoms with van der Waals surface area (Å²) in [5, 5.41) is 14.4. The molecular formula is C24H21N5O3. The lowest BCUT2D eigenvalue weighted by Crippen LogP contribution is -2.28. The number of fused-ring (bicyclic) bond motifs is 2. The van der Waals surface area contributed by atoms with E-state index in [0.29, 0.717) is 23.3 Å². The molecule has 160 valence electrons. The first kappa shape index (κ1) is 18.8. The zero-order valence-corrected chi connectivity index (χ0v) is 17.2. The number of nitrogens with zero attached hydrogens (tertiary/aromatic N) is 4. The quantitative estimate of drug-likeness (QED) is 0.435. The van der Waals surface area contributed by atoms with Gasteiger partial charge in [0, 0.05) is 42.5 Å². The molecule has 3 aromatic heterocycles. The third-order valence-electron chi connectivity index (χ3n) is 5.77. The molecule has 0 spiro atoms. The molecule has 2 aromatic carbocycles. The Labute approximate surface area is 183 Å². The SMILES string of the molecule is Oc1ccc2c(c1)nc(-c1ccc3occc3c1)n2-c1ccnc(NC2CCOCC2)n1. The van der Waals surface area contributed by atoms with Crippen molar-refractivity contribution in [1.29, 1.82) is 0 Å². The summed E-state index contributed by atoms with van der Waals surface area (Å²) in [7, 11) is 0. The van der Waals surface area contributed by atoms with Gasteiger partial charge >= 0.3 is 0 Å². The van der Waals surface area contributed by atoms with Gasteiger partial charge in [-0.2, -0.15) is 4.98 Å². The van der Waals surface area contributed by atoms with Crippen molar-refractivity contribution in [2.75, 3.05) is 18.5 Å². The highest BCUT2D eigenvalue weighted by Crippen LogP contribution is 2.32. The molecular weight excluding hydrogens is 406 g/mol. The van der Waals surface area contributed by atoms with Gasteiger partial charge in [-0.25, -0.2) is 9.97 Å². The summed E-state index contributed by atoms with van der Waals surface area (Å²) in [4.78, 5) is 14.1. The highest BCUT2D eigenvalue weighted by molar-refractivity contribution is 5.87. The van der Waals surface area contributed by atoms with Gasteiger partial charge in [-0.3, -0.25) is 4.57 Å². The third-order valence-corrected chi connectivity index (χ3v) is 5.77. The van der Waals surface area contributed by atoms with Gasteiger partial charge in [0.05, 0.1) is 17.3 Å². The van der Waals surface area contributed by atoms with E-state index in [-0.39, 0.29) is 5.75 Å². The summed E-state index contributed by atoms with van der Waals surface area (Å²) < 4.78 is 12.9. The van der Waals surface area contributed by atoms with Gasteiger partial charge in [0.2, 0.25) is 5.95 Å². The van der Waals surface area contributed by atoms with Crippen LogP contribution in [0, 0.1) is 0 Å². The van der Waals surface area contributed by atoms with Crippen molar-refractivity contribution in [3.8, 4) is 23.0 Å². The summed E-state index contributed by atoms with van der Waals surface area (Å²) in [6.45, 7) is 1.49. The van der Waals surface area contributed by atoms with Gasteiger partial charge < -0.3 is 19.6 Å². The number of furan rings is 1. The molecule has 0 atom stereocenters. The second-order valence-corrected chi connectivity index (χ2v) is 7.89. The second-order valence-electron chi connectivity index (χ2n) is 7.89. The Morgan fingerprint density at radius 3 is 2.81 bits per heavy atom. The Kier molecular flexibility index (Phi) is 4.50. The highest BCUT2D eigenvalue weighted by Gasteiger charge is 2.19. The standard InChI is InChI=1S/C24H21N5O3/c30-18-2-3-20-19(14-18)27-23(16-1-4-21-15(13-16)6-12-32-21)29(20)22-5-9-25-24(28-22)26-17-7-10-31-11-8-17/h1-6,9,12-14,17,30H,7-8,10-11H2,(H,25,26,28). The van der Waals surface area contributed by atoms with Gasteiger partial charge in [-0.15, -0.1) is 0 Å². The molecule has 1 aliphatic rings. The van der Waals surface area contributed by atoms with E-state index < -0.39 is 0 Å². The molecule has 0 bridgehead atoms. The topological polar surface area (TPSA) is 98.2 Å². The van der Waals surface area contributed by atoms with Gasteiger partial charge in [0.25, 0.3) is 0 Å². The Morgan fingerprint density at radius 1 is 1.00 bits per heavy atom. The van der Waals surface area contributed by atoms with E-state index in [1.54, 1.807) is 24.6 Å². The smallest absolute Gasteiger partial charge is 0.224 e. The molecule has 8 heteroatoms. The summed E-state index contributed by atoms with van der Waals surface area (Å²) in [5.41, 5.74) is 3.27. The van der Waals surface area contributed by atoms with E-state index in [1.807, 2.05) is 41.0 Å². The summed E-state index contributed by atoms with van der Waals surface area (Å²) in [6.07, 6.45) is 5.28. The summed E-state index contributed by atoms with van der Waals surface area (Å²) >= 11 is 0. The number of hydrogen-bond acceptors (Lipinski definition) is 7. The number of anilines is 1. The number of phenolic OH excluding ortho intramolecular Hbond substituents is 1. The van der Waals surface area contributed by atoms with Crippen molar-refractivity contribution in [2.45, 2.75) is 18.9 Å². The van der Waals surface area contributed by atoms with Crippen LogP contribution in [0.25, 0.3) is 39.2 Å². The maximum atomic E-state index is 10.0. The molecule has 0 unspecified atom stereocenters. The molecule has 4 heterocycles. The molecule has 0 saturated carbocycles. The Balaban J connectivity index is 1.49. The number of aromatic nitrogens is 4. The molecule has 1 aliphatic heterocycles. The summed E-state index contributed by atoms with van der Waals surface area (Å²) in [6, 6.07) is 15.2. The van der Waals surface area contributed by atoms with Gasteiger partial charge in [-0.1, -0.05) is 0 Å². The van der Waals surface area contributed by atoms with E-state index in [1.165, 1.54) is 0 Å². The number of rotatable bonds is 4. The fourth-order valence-corrected chi connectivity index (χ4v) is 4.17. The lowest BCUT2D eigenvalue weighted by atomic mass is 10.1. The molecule has 6 rings (SSSR count). The average molecular weight is 427 g/mol. The Bertz CT molecular complexity index is 1420. The molecule has 1 saturated heterocycles. The minimum Gasteiger partial charge on any atom is -0.508 e. The number of nitrogens with one attached hydrogen (secondary N) is 1. The van der Waals surface area contributed by atoms with Crippen LogP contribution in [0.15, 0.2) is 65.4 Å². The van der Waals surface area contributed by atoms with Crippen LogP contribution < -0.4 is 5.32 Å². The number of phenols is 1. The van der Waals surface area contributed by atoms with Crippen LogP contribution in [0.1, 0.15) is 12.8 Å².